The van der Waals surface area contributed by atoms with E-state index in [1.807, 2.05) is 39.0 Å². The first-order chi connectivity index (χ1) is 13.3. The summed E-state index contributed by atoms with van der Waals surface area (Å²) in [6.07, 6.45) is -0.901. The zero-order valence-corrected chi connectivity index (χ0v) is 17.1. The summed E-state index contributed by atoms with van der Waals surface area (Å²) in [5.74, 6) is 0.204. The summed E-state index contributed by atoms with van der Waals surface area (Å²) < 4.78 is 33.4. The first-order valence-corrected chi connectivity index (χ1v) is 11.0. The molecule has 7 heteroatoms. The highest BCUT2D eigenvalue weighted by atomic mass is 32.2. The predicted molar refractivity (Wildman–Crippen MR) is 110 cm³/mol. The van der Waals surface area contributed by atoms with Crippen molar-refractivity contribution in [2.45, 2.75) is 38.7 Å². The first kappa shape index (κ1) is 20.2. The molecular formula is C21H26N2O4S. The number of carbonyl (C=O) groups excluding carboxylic acids is 1. The minimum atomic E-state index is -3.69. The van der Waals surface area contributed by atoms with E-state index in [1.165, 1.54) is 4.31 Å². The molecule has 2 aromatic rings. The molecule has 3 rings (SSSR count). The Morgan fingerprint density at radius 3 is 2.43 bits per heavy atom. The smallest absolute Gasteiger partial charge is 0.263 e. The van der Waals surface area contributed by atoms with Crippen LogP contribution in [0.5, 0.6) is 5.75 Å². The lowest BCUT2D eigenvalue weighted by molar-refractivity contribution is -0.128. The normalized spacial score (nSPS) is 17.6. The van der Waals surface area contributed by atoms with Crippen LogP contribution in [0, 0.1) is 5.92 Å². The third-order valence-corrected chi connectivity index (χ3v) is 6.64. The highest BCUT2D eigenvalue weighted by Gasteiger charge is 2.37. The summed E-state index contributed by atoms with van der Waals surface area (Å²) in [5.41, 5.74) is 1.15. The molecule has 0 bridgehead atoms. The van der Waals surface area contributed by atoms with Crippen LogP contribution in [0.25, 0.3) is 0 Å². The molecule has 2 atom stereocenters. The number of amides is 1. The van der Waals surface area contributed by atoms with Gasteiger partial charge in [0, 0.05) is 6.04 Å². The highest BCUT2D eigenvalue weighted by molar-refractivity contribution is 7.92. The van der Waals surface area contributed by atoms with Gasteiger partial charge >= 0.3 is 0 Å². The molecule has 0 aliphatic carbocycles. The van der Waals surface area contributed by atoms with E-state index < -0.39 is 16.1 Å². The second-order valence-electron chi connectivity index (χ2n) is 7.39. The van der Waals surface area contributed by atoms with E-state index in [9.17, 15) is 13.2 Å². The van der Waals surface area contributed by atoms with Crippen LogP contribution in [0.15, 0.2) is 54.6 Å². The van der Waals surface area contributed by atoms with Gasteiger partial charge in [-0.3, -0.25) is 9.10 Å². The Morgan fingerprint density at radius 2 is 1.75 bits per heavy atom. The summed E-state index contributed by atoms with van der Waals surface area (Å²) in [5, 5.41) is 2.92. The summed E-state index contributed by atoms with van der Waals surface area (Å²) in [7, 11) is -3.69. The number of benzene rings is 2. The maximum Gasteiger partial charge on any atom is 0.263 e. The van der Waals surface area contributed by atoms with Crippen LogP contribution in [-0.2, 0) is 20.6 Å². The summed E-state index contributed by atoms with van der Waals surface area (Å²) in [6.45, 7) is 5.89. The quantitative estimate of drug-likeness (QED) is 0.806. The number of nitrogens with one attached hydrogen (secondary N) is 1. The van der Waals surface area contributed by atoms with Crippen LogP contribution in [0.1, 0.15) is 26.3 Å². The molecule has 1 aliphatic heterocycles. The van der Waals surface area contributed by atoms with Crippen molar-refractivity contribution in [2.75, 3.05) is 10.8 Å². The van der Waals surface area contributed by atoms with Crippen molar-refractivity contribution in [3.63, 3.8) is 0 Å². The molecule has 0 unspecified atom stereocenters. The average Bonchev–Trinajstić information content (AvgIpc) is 2.67. The molecule has 150 valence electrons. The molecule has 0 aromatic heterocycles. The van der Waals surface area contributed by atoms with Crippen LogP contribution in [0.4, 0.5) is 5.69 Å². The number of fused-ring (bicyclic) bond motifs is 1. The summed E-state index contributed by atoms with van der Waals surface area (Å²) in [4.78, 5) is 12.7. The molecule has 0 radical (unpaired) electrons. The summed E-state index contributed by atoms with van der Waals surface area (Å²) >= 11 is 0. The Kier molecular flexibility index (Phi) is 5.93. The molecule has 1 N–H and O–H groups in total. The number of hydrogen-bond donors (Lipinski definition) is 1. The maximum absolute atomic E-state index is 13.2. The molecule has 1 aliphatic rings. The van der Waals surface area contributed by atoms with Crippen LogP contribution in [0.3, 0.4) is 0 Å². The van der Waals surface area contributed by atoms with Crippen molar-refractivity contribution < 1.29 is 17.9 Å². The molecular weight excluding hydrogens is 376 g/mol. The Balaban J connectivity index is 1.88. The number of nitrogens with zero attached hydrogens (tertiary/aromatic N) is 1. The predicted octanol–water partition coefficient (Wildman–Crippen LogP) is 2.94. The largest absolute Gasteiger partial charge is 0.476 e. The standard InChI is InChI=1S/C21H26N2O4S/c1-15(2)16(3)22-21(24)20-13-23(18-11-7-8-12-19(18)27-20)28(25,26)14-17-9-5-4-6-10-17/h4-12,15-16,20H,13-14H2,1-3H3,(H,22,24)/t16-,20-/m1/s1. The highest BCUT2D eigenvalue weighted by Crippen LogP contribution is 2.35. The van der Waals surface area contributed by atoms with Gasteiger partial charge in [0.05, 0.1) is 18.0 Å². The molecule has 0 spiro atoms. The molecule has 1 amide bonds. The van der Waals surface area contributed by atoms with Gasteiger partial charge in [0.2, 0.25) is 10.0 Å². The SMILES string of the molecule is CC(C)[C@@H](C)NC(=O)[C@H]1CN(S(=O)(=O)Cc2ccccc2)c2ccccc2O1. The van der Waals surface area contributed by atoms with Gasteiger partial charge in [0.1, 0.15) is 5.75 Å². The Bertz CT molecular complexity index is 928. The van der Waals surface area contributed by atoms with E-state index >= 15 is 0 Å². The Morgan fingerprint density at radius 1 is 1.11 bits per heavy atom. The number of anilines is 1. The molecule has 0 fully saturated rings. The fraction of sp³-hybridized carbons (Fsp3) is 0.381. The van der Waals surface area contributed by atoms with Gasteiger partial charge < -0.3 is 10.1 Å². The van der Waals surface area contributed by atoms with Crippen LogP contribution < -0.4 is 14.4 Å². The van der Waals surface area contributed by atoms with Crippen molar-refractivity contribution in [3.8, 4) is 5.75 Å². The lowest BCUT2D eigenvalue weighted by Gasteiger charge is -2.35. The van der Waals surface area contributed by atoms with Crippen LogP contribution in [0.2, 0.25) is 0 Å². The molecule has 0 saturated carbocycles. The van der Waals surface area contributed by atoms with E-state index in [-0.39, 0.29) is 30.2 Å². The van der Waals surface area contributed by atoms with E-state index in [2.05, 4.69) is 5.32 Å². The van der Waals surface area contributed by atoms with E-state index in [4.69, 9.17) is 4.74 Å². The number of ether oxygens (including phenoxy) is 1. The van der Waals surface area contributed by atoms with Gasteiger partial charge in [0.25, 0.3) is 5.91 Å². The van der Waals surface area contributed by atoms with Crippen LogP contribution >= 0.6 is 0 Å². The van der Waals surface area contributed by atoms with Gasteiger partial charge in [-0.05, 0) is 30.5 Å². The lowest BCUT2D eigenvalue weighted by atomic mass is 10.1. The van der Waals surface area contributed by atoms with Gasteiger partial charge in [-0.25, -0.2) is 8.42 Å². The van der Waals surface area contributed by atoms with Crippen molar-refractivity contribution in [2.24, 2.45) is 5.92 Å². The first-order valence-electron chi connectivity index (χ1n) is 9.38. The molecule has 6 nitrogen and oxygen atoms in total. The zero-order valence-electron chi connectivity index (χ0n) is 16.3. The number of hydrogen-bond acceptors (Lipinski definition) is 4. The summed E-state index contributed by atoms with van der Waals surface area (Å²) in [6, 6.07) is 15.9. The molecule has 1 heterocycles. The fourth-order valence-electron chi connectivity index (χ4n) is 2.95. The van der Waals surface area contributed by atoms with Crippen molar-refractivity contribution >= 4 is 21.6 Å². The Labute approximate surface area is 166 Å². The van der Waals surface area contributed by atoms with E-state index in [1.54, 1.807) is 36.4 Å². The minimum absolute atomic E-state index is 0.0392. The van der Waals surface area contributed by atoms with Crippen molar-refractivity contribution in [3.05, 3.63) is 60.2 Å². The van der Waals surface area contributed by atoms with Crippen molar-refractivity contribution in [1.29, 1.82) is 0 Å². The third kappa shape index (κ3) is 4.47. The van der Waals surface area contributed by atoms with Crippen molar-refractivity contribution in [1.82, 2.24) is 5.32 Å². The van der Waals surface area contributed by atoms with Gasteiger partial charge in [-0.2, -0.15) is 0 Å². The van der Waals surface area contributed by atoms with Gasteiger partial charge in [0.15, 0.2) is 6.10 Å². The number of carbonyl (C=O) groups is 1. The molecule has 28 heavy (non-hydrogen) atoms. The van der Waals surface area contributed by atoms with Crippen LogP contribution in [-0.4, -0.2) is 33.0 Å². The minimum Gasteiger partial charge on any atom is -0.476 e. The topological polar surface area (TPSA) is 75.7 Å². The monoisotopic (exact) mass is 402 g/mol. The maximum atomic E-state index is 13.2. The van der Waals surface area contributed by atoms with E-state index in [0.29, 0.717) is 17.0 Å². The molecule has 0 saturated heterocycles. The second-order valence-corrected chi connectivity index (χ2v) is 9.28. The zero-order chi connectivity index (χ0) is 20.3. The third-order valence-electron chi connectivity index (χ3n) is 4.92. The fourth-order valence-corrected chi connectivity index (χ4v) is 4.53. The van der Waals surface area contributed by atoms with Gasteiger partial charge in [-0.15, -0.1) is 0 Å². The molecule has 2 aromatic carbocycles. The lowest BCUT2D eigenvalue weighted by Crippen LogP contribution is -2.53. The number of para-hydroxylation sites is 2. The van der Waals surface area contributed by atoms with Gasteiger partial charge in [-0.1, -0.05) is 56.3 Å². The second kappa shape index (κ2) is 8.22. The number of rotatable bonds is 6. The Hall–Kier alpha value is -2.54. The average molecular weight is 403 g/mol. The number of sulfonamides is 1. The van der Waals surface area contributed by atoms with E-state index in [0.717, 1.165) is 0 Å².